The van der Waals surface area contributed by atoms with E-state index in [1.165, 1.54) is 0 Å². The Morgan fingerprint density at radius 3 is 1.35 bits per heavy atom. The zero-order valence-corrected chi connectivity index (χ0v) is 9.86. The molecular formula is C10H23NO6. The van der Waals surface area contributed by atoms with Gasteiger partial charge in [-0.1, -0.05) is 0 Å². The van der Waals surface area contributed by atoms with E-state index in [0.717, 1.165) is 0 Å². The van der Waals surface area contributed by atoms with Gasteiger partial charge >= 0.3 is 0 Å². The molecule has 17 heavy (non-hydrogen) atoms. The third kappa shape index (κ3) is 7.61. The van der Waals surface area contributed by atoms with Gasteiger partial charge in [0.2, 0.25) is 0 Å². The maximum Gasteiger partial charge on any atom is 0.104 e. The first-order valence-electron chi connectivity index (χ1n) is 5.58. The van der Waals surface area contributed by atoms with Crippen molar-refractivity contribution in [3.63, 3.8) is 0 Å². The standard InChI is InChI=1S/C10H23NO6/c11-1-8(6-16-9(2-12)3-13)7-17-10(4-14)5-15/h8-10,12-15H,1-7,11H2. The van der Waals surface area contributed by atoms with Crippen molar-refractivity contribution in [3.8, 4) is 0 Å². The van der Waals surface area contributed by atoms with Crippen molar-refractivity contribution in [1.29, 1.82) is 0 Å². The van der Waals surface area contributed by atoms with Crippen LogP contribution >= 0.6 is 0 Å². The highest BCUT2D eigenvalue weighted by Crippen LogP contribution is 2.02. The molecule has 0 amide bonds. The van der Waals surface area contributed by atoms with Crippen LogP contribution in [0.5, 0.6) is 0 Å². The van der Waals surface area contributed by atoms with Crippen LogP contribution < -0.4 is 5.73 Å². The summed E-state index contributed by atoms with van der Waals surface area (Å²) < 4.78 is 10.4. The second kappa shape index (κ2) is 10.8. The van der Waals surface area contributed by atoms with Crippen molar-refractivity contribution in [2.45, 2.75) is 12.2 Å². The van der Waals surface area contributed by atoms with Gasteiger partial charge in [0.15, 0.2) is 0 Å². The zero-order chi connectivity index (χ0) is 13.1. The van der Waals surface area contributed by atoms with Crippen LogP contribution in [0.2, 0.25) is 0 Å². The van der Waals surface area contributed by atoms with E-state index >= 15 is 0 Å². The molecule has 104 valence electrons. The molecule has 0 spiro atoms. The van der Waals surface area contributed by atoms with Gasteiger partial charge in [0.1, 0.15) is 12.2 Å². The molecule has 0 aromatic rings. The van der Waals surface area contributed by atoms with Crippen molar-refractivity contribution in [2.24, 2.45) is 11.7 Å². The SMILES string of the molecule is NCC(COC(CO)CO)COC(CO)CO. The second-order valence-corrected chi connectivity index (χ2v) is 3.74. The van der Waals surface area contributed by atoms with Crippen LogP contribution in [0.15, 0.2) is 0 Å². The molecule has 0 aliphatic rings. The van der Waals surface area contributed by atoms with E-state index < -0.39 is 12.2 Å². The fraction of sp³-hybridized carbons (Fsp3) is 1.00. The first kappa shape index (κ1) is 16.7. The molecule has 0 aliphatic heterocycles. The zero-order valence-electron chi connectivity index (χ0n) is 9.86. The normalized spacial score (nSPS) is 12.0. The Morgan fingerprint density at radius 2 is 1.12 bits per heavy atom. The quantitative estimate of drug-likeness (QED) is 0.271. The van der Waals surface area contributed by atoms with E-state index in [2.05, 4.69) is 0 Å². The lowest BCUT2D eigenvalue weighted by Crippen LogP contribution is -2.33. The van der Waals surface area contributed by atoms with E-state index in [1.807, 2.05) is 0 Å². The Hall–Kier alpha value is -0.280. The van der Waals surface area contributed by atoms with Crippen LogP contribution in [0.25, 0.3) is 0 Å². The highest BCUT2D eigenvalue weighted by molar-refractivity contribution is 4.62. The van der Waals surface area contributed by atoms with E-state index in [0.29, 0.717) is 6.54 Å². The smallest absolute Gasteiger partial charge is 0.104 e. The summed E-state index contributed by atoms with van der Waals surface area (Å²) in [6.45, 7) is -0.241. The van der Waals surface area contributed by atoms with Gasteiger partial charge in [0.05, 0.1) is 39.6 Å². The Labute approximate surface area is 101 Å². The molecule has 0 rings (SSSR count). The molecule has 0 radical (unpaired) electrons. The number of ether oxygens (including phenoxy) is 2. The van der Waals surface area contributed by atoms with Gasteiger partial charge in [0.25, 0.3) is 0 Å². The summed E-state index contributed by atoms with van der Waals surface area (Å²) in [6.07, 6.45) is -1.23. The van der Waals surface area contributed by atoms with Crippen molar-refractivity contribution in [2.75, 3.05) is 46.2 Å². The lowest BCUT2D eigenvalue weighted by atomic mass is 10.2. The molecule has 6 N–H and O–H groups in total. The number of hydrogen-bond acceptors (Lipinski definition) is 7. The minimum atomic E-state index is -0.615. The van der Waals surface area contributed by atoms with Crippen LogP contribution in [0, 0.1) is 5.92 Å². The number of hydrogen-bond donors (Lipinski definition) is 5. The van der Waals surface area contributed by atoms with Gasteiger partial charge in [-0.05, 0) is 6.54 Å². The van der Waals surface area contributed by atoms with Gasteiger partial charge in [-0.3, -0.25) is 0 Å². The first-order chi connectivity index (χ1) is 8.21. The number of aliphatic hydroxyl groups is 4. The Kier molecular flexibility index (Phi) is 10.7. The molecule has 0 saturated heterocycles. The Balaban J connectivity index is 3.82. The highest BCUT2D eigenvalue weighted by atomic mass is 16.5. The van der Waals surface area contributed by atoms with Crippen molar-refractivity contribution >= 4 is 0 Å². The van der Waals surface area contributed by atoms with Crippen LogP contribution in [0.4, 0.5) is 0 Å². The third-order valence-corrected chi connectivity index (χ3v) is 2.28. The van der Waals surface area contributed by atoms with Crippen molar-refractivity contribution < 1.29 is 29.9 Å². The minimum absolute atomic E-state index is 0.115. The molecule has 0 aromatic carbocycles. The molecule has 0 fully saturated rings. The largest absolute Gasteiger partial charge is 0.394 e. The summed E-state index contributed by atoms with van der Waals surface area (Å²) in [5.41, 5.74) is 5.50. The fourth-order valence-corrected chi connectivity index (χ4v) is 1.05. The lowest BCUT2D eigenvalue weighted by molar-refractivity contribution is -0.0675. The van der Waals surface area contributed by atoms with Gasteiger partial charge in [-0.15, -0.1) is 0 Å². The van der Waals surface area contributed by atoms with Crippen molar-refractivity contribution in [3.05, 3.63) is 0 Å². The van der Waals surface area contributed by atoms with E-state index in [4.69, 9.17) is 35.6 Å². The number of aliphatic hydroxyl groups excluding tert-OH is 4. The van der Waals surface area contributed by atoms with Crippen LogP contribution in [0.1, 0.15) is 0 Å². The number of nitrogens with two attached hydrogens (primary N) is 1. The monoisotopic (exact) mass is 253 g/mol. The van der Waals surface area contributed by atoms with E-state index in [-0.39, 0.29) is 45.6 Å². The second-order valence-electron chi connectivity index (χ2n) is 3.74. The molecule has 0 heterocycles. The molecule has 0 aromatic heterocycles. The average molecular weight is 253 g/mol. The molecule has 0 unspecified atom stereocenters. The van der Waals surface area contributed by atoms with Crippen molar-refractivity contribution in [1.82, 2.24) is 0 Å². The minimum Gasteiger partial charge on any atom is -0.394 e. The molecule has 0 aliphatic carbocycles. The molecular weight excluding hydrogens is 230 g/mol. The third-order valence-electron chi connectivity index (χ3n) is 2.28. The number of rotatable bonds is 11. The summed E-state index contributed by atoms with van der Waals surface area (Å²) >= 11 is 0. The average Bonchev–Trinajstić information content (AvgIpc) is 2.38. The predicted octanol–water partition coefficient (Wildman–Crippen LogP) is -2.70. The van der Waals surface area contributed by atoms with Gasteiger partial charge in [-0.25, -0.2) is 0 Å². The van der Waals surface area contributed by atoms with E-state index in [9.17, 15) is 0 Å². The summed E-state index contributed by atoms with van der Waals surface area (Å²) in [7, 11) is 0. The molecule has 0 bridgehead atoms. The first-order valence-corrected chi connectivity index (χ1v) is 5.58. The summed E-state index contributed by atoms with van der Waals surface area (Å²) in [6, 6.07) is 0. The maximum atomic E-state index is 8.79. The highest BCUT2D eigenvalue weighted by Gasteiger charge is 2.14. The Bertz CT molecular complexity index is 147. The fourth-order valence-electron chi connectivity index (χ4n) is 1.05. The topological polar surface area (TPSA) is 125 Å². The predicted molar refractivity (Wildman–Crippen MR) is 60.4 cm³/mol. The molecule has 0 saturated carbocycles. The van der Waals surface area contributed by atoms with Gasteiger partial charge < -0.3 is 35.6 Å². The van der Waals surface area contributed by atoms with Gasteiger partial charge in [-0.2, -0.15) is 0 Å². The van der Waals surface area contributed by atoms with Gasteiger partial charge in [0, 0.05) is 5.92 Å². The van der Waals surface area contributed by atoms with Crippen LogP contribution in [-0.2, 0) is 9.47 Å². The summed E-state index contributed by atoms with van der Waals surface area (Å²) in [4.78, 5) is 0. The molecule has 0 atom stereocenters. The van der Waals surface area contributed by atoms with Crippen LogP contribution in [-0.4, -0.2) is 78.8 Å². The molecule has 7 nitrogen and oxygen atoms in total. The summed E-state index contributed by atoms with van der Waals surface area (Å²) in [5, 5.41) is 35.2. The summed E-state index contributed by atoms with van der Waals surface area (Å²) in [5.74, 6) is -0.115. The Morgan fingerprint density at radius 1 is 0.765 bits per heavy atom. The lowest BCUT2D eigenvalue weighted by Gasteiger charge is -2.21. The van der Waals surface area contributed by atoms with E-state index in [1.54, 1.807) is 0 Å². The van der Waals surface area contributed by atoms with Crippen LogP contribution in [0.3, 0.4) is 0 Å². The molecule has 7 heteroatoms. The maximum absolute atomic E-state index is 8.79.